The molecule has 7 aliphatic heterocycles. The smallest absolute Gasteiger partial charge is 0.143 e. The Kier molecular flexibility index (Phi) is 28.8. The standard InChI is InChI=1S/C14H12S6.C9H15NS.C8H12S3.C7H9IS.C6H8S3.C4H4S.C3H9N.2CH4/c1-2-10-6-16-14-18-8-12-4-3-11-7-17-13(20(11,12)14)15-5-9(1)19(10,13)14;1-4-8-5-6-9(11-8)7-10(2)3;1-9-5-7-3-4-8(11-7)6-10-2;1-2-6-3-4-7(5-8)9-6;7-3-5-1-2-6(4-8)9-5;1-2-4-5-3-1;1-4(2)3;;/h1-4H,5-8H2;5-6H,4,7H2,1-3H3;3-4H,5-6H2,1-2H3;3-4H,2,5H2,1H3;1-2,7-8H,3-4H2;1-4H;1-3H3;2*1H4/p-1. The van der Waals surface area contributed by atoms with Gasteiger partial charge in [-0.1, -0.05) is 87.7 Å². The van der Waals surface area contributed by atoms with Gasteiger partial charge in [0.15, 0.2) is 0 Å². The second-order valence-electron chi connectivity index (χ2n) is 16.8. The number of alkyl halides is 1. The maximum atomic E-state index is 4.87. The van der Waals surface area contributed by atoms with Gasteiger partial charge >= 0.3 is 0 Å². The summed E-state index contributed by atoms with van der Waals surface area (Å²) in [5.41, 5.74) is 0. The summed E-state index contributed by atoms with van der Waals surface area (Å²) in [6.07, 6.45) is 16.8. The molecule has 0 radical (unpaired) electrons. The Labute approximate surface area is 504 Å². The summed E-state index contributed by atoms with van der Waals surface area (Å²) in [5, 5.41) is 4.08. The fourth-order valence-corrected chi connectivity index (χ4v) is 51.1. The summed E-state index contributed by atoms with van der Waals surface area (Å²) in [7, 11) is 8.89. The second kappa shape index (κ2) is 31.4. The lowest BCUT2D eigenvalue weighted by Crippen LogP contribution is -2.52. The van der Waals surface area contributed by atoms with Gasteiger partial charge in [0.1, 0.15) is 5.49 Å². The van der Waals surface area contributed by atoms with Crippen molar-refractivity contribution in [3.05, 3.63) is 154 Å². The van der Waals surface area contributed by atoms with E-state index in [1.54, 1.807) is 22.7 Å². The molecule has 5 aromatic rings. The van der Waals surface area contributed by atoms with Gasteiger partial charge in [-0.25, -0.2) is 0 Å². The van der Waals surface area contributed by atoms with Gasteiger partial charge < -0.3 is 22.4 Å². The van der Waals surface area contributed by atoms with Crippen LogP contribution in [-0.4, -0.2) is 86.0 Å². The van der Waals surface area contributed by atoms with Crippen molar-refractivity contribution in [2.45, 2.75) is 81.0 Å². The number of aryl methyl sites for hydroxylation is 2. The Morgan fingerprint density at radius 3 is 1.23 bits per heavy atom. The van der Waals surface area contributed by atoms with Gasteiger partial charge in [0.25, 0.3) is 0 Å². The molecule has 12 rings (SSSR count). The van der Waals surface area contributed by atoms with Crippen LogP contribution in [0, 0.1) is 0 Å². The molecule has 5 fully saturated rings. The highest BCUT2D eigenvalue weighted by Gasteiger charge is 2.94. The van der Waals surface area contributed by atoms with Crippen LogP contribution in [0.3, 0.4) is 0 Å². The van der Waals surface area contributed by atoms with Crippen LogP contribution in [0.1, 0.15) is 67.7 Å². The van der Waals surface area contributed by atoms with Crippen LogP contribution in [0.5, 0.6) is 0 Å². The zero-order valence-electron chi connectivity index (χ0n) is 41.2. The van der Waals surface area contributed by atoms with Gasteiger partial charge in [0.2, 0.25) is 0 Å². The van der Waals surface area contributed by atoms with Crippen LogP contribution in [0.4, 0.5) is 0 Å². The molecule has 0 unspecified atom stereocenters. The fourth-order valence-electron chi connectivity index (χ4n) is 8.39. The average molecular weight is 1350 g/mol. The third-order valence-corrected chi connectivity index (χ3v) is 44.7. The molecule has 5 saturated heterocycles. The van der Waals surface area contributed by atoms with E-state index in [1.165, 1.54) is 80.0 Å². The van der Waals surface area contributed by atoms with Crippen molar-refractivity contribution in [1.29, 1.82) is 0 Å². The van der Waals surface area contributed by atoms with Crippen molar-refractivity contribution in [2.24, 2.45) is 0 Å². The molecule has 2 nitrogen and oxygen atoms in total. The van der Waals surface area contributed by atoms with E-state index in [2.05, 4.69) is 200 Å². The van der Waals surface area contributed by atoms with E-state index in [0.717, 1.165) is 28.9 Å². The normalized spacial score (nSPS) is 25.2. The van der Waals surface area contributed by atoms with Crippen molar-refractivity contribution >= 4 is 195 Å². The van der Waals surface area contributed by atoms with Gasteiger partial charge in [0, 0.05) is 85.4 Å². The van der Waals surface area contributed by atoms with Crippen LogP contribution in [0.2, 0.25) is 0 Å². The summed E-state index contributed by atoms with van der Waals surface area (Å²) in [5.74, 6) is 9.23. The number of thiol groups is 1. The maximum absolute atomic E-state index is 4.87. The first-order chi connectivity index (χ1) is 33.4. The summed E-state index contributed by atoms with van der Waals surface area (Å²) in [4.78, 5) is 23.2. The van der Waals surface area contributed by atoms with E-state index >= 15 is 0 Å². The number of allylic oxidation sites excluding steroid dienone is 4. The molecule has 18 heteroatoms. The van der Waals surface area contributed by atoms with Crippen LogP contribution in [-0.2, 0) is 59.5 Å². The molecule has 0 saturated carbocycles. The highest BCUT2D eigenvalue weighted by molar-refractivity contribution is 14.1. The van der Waals surface area contributed by atoms with Gasteiger partial charge in [-0.05, 0) is 144 Å². The molecular formula is C53H76IN2S15-. The van der Waals surface area contributed by atoms with E-state index in [1.807, 2.05) is 126 Å². The summed E-state index contributed by atoms with van der Waals surface area (Å²) < 4.78 is 2.34. The lowest BCUT2D eigenvalue weighted by molar-refractivity contribution is 0.406. The largest absolute Gasteiger partial charge is 0.787 e. The molecular weight excluding hydrogens is 1270 g/mol. The Morgan fingerprint density at radius 1 is 0.577 bits per heavy atom. The number of hydrogen-bond donors (Lipinski definition) is 1. The number of hydrogen-bond acceptors (Lipinski definition) is 15. The molecule has 0 aromatic carbocycles. The number of thiophene rings is 5. The topological polar surface area (TPSA) is 6.48 Å². The first kappa shape index (κ1) is 65.1. The van der Waals surface area contributed by atoms with Crippen molar-refractivity contribution in [2.75, 3.05) is 70.8 Å². The van der Waals surface area contributed by atoms with Crippen molar-refractivity contribution in [1.82, 2.24) is 9.80 Å². The van der Waals surface area contributed by atoms with E-state index in [0.29, 0.717) is 5.49 Å². The minimum absolute atomic E-state index is 0. The van der Waals surface area contributed by atoms with Gasteiger partial charge in [-0.2, -0.15) is 47.5 Å². The van der Waals surface area contributed by atoms with Gasteiger partial charge in [-0.3, -0.25) is 0 Å². The molecule has 0 amide bonds. The molecule has 0 atom stereocenters. The molecule has 0 bridgehead atoms. The molecule has 0 N–H and O–H groups in total. The molecule has 0 aliphatic carbocycles. The van der Waals surface area contributed by atoms with E-state index < -0.39 is 20.1 Å². The fraction of sp³-hybridized carbons (Fsp3) is 0.472. The first-order valence-electron chi connectivity index (χ1n) is 22.6. The molecule has 71 heavy (non-hydrogen) atoms. The lowest BCUT2D eigenvalue weighted by atomic mass is 10.3. The highest BCUT2D eigenvalue weighted by Crippen LogP contribution is 3.22. The van der Waals surface area contributed by atoms with Crippen LogP contribution >= 0.6 is 183 Å². The highest BCUT2D eigenvalue weighted by atomic mass is 127. The van der Waals surface area contributed by atoms with E-state index in [-0.39, 0.29) is 14.9 Å². The van der Waals surface area contributed by atoms with Gasteiger partial charge in [0.05, 0.1) is 0 Å². The van der Waals surface area contributed by atoms with E-state index in [9.17, 15) is 0 Å². The number of thioether (sulfide) groups is 6. The van der Waals surface area contributed by atoms with Crippen molar-refractivity contribution in [3.63, 3.8) is 0 Å². The summed E-state index contributed by atoms with van der Waals surface area (Å²) in [6.45, 7) is 5.47. The minimum atomic E-state index is -0.656. The Hall–Kier alpha value is 1.61. The monoisotopic (exact) mass is 1350 g/mol. The molecule has 12 heterocycles. The first-order valence-corrected chi connectivity index (χ1v) is 39.6. The van der Waals surface area contributed by atoms with E-state index in [4.69, 9.17) is 12.6 Å². The Morgan fingerprint density at radius 2 is 0.930 bits per heavy atom. The SMILES string of the molecule is C.C.C1=C2CSC34SCC5=CC=C6CSC7(SCC(=C1)S237)S564.CCc1ccc(CI)s1.CCc1ccc(CN(C)C)s1.CN(C)C.CSCc1ccc(CSC)s1.[S-]Cc1ccc(CS)s1.c1ccsc1. The predicted molar refractivity (Wildman–Crippen MR) is 370 cm³/mol. The van der Waals surface area contributed by atoms with Crippen molar-refractivity contribution < 1.29 is 0 Å². The van der Waals surface area contributed by atoms with Crippen LogP contribution < -0.4 is 0 Å². The quantitative estimate of drug-likeness (QED) is 0.0593. The zero-order valence-corrected chi connectivity index (χ0v) is 55.6. The minimum Gasteiger partial charge on any atom is -0.787 e. The second-order valence-corrected chi connectivity index (χ2v) is 40.5. The molecule has 4 spiro atoms. The Balaban J connectivity index is 0.000000191. The van der Waals surface area contributed by atoms with Crippen LogP contribution in [0.25, 0.3) is 0 Å². The summed E-state index contributed by atoms with van der Waals surface area (Å²) in [6, 6.07) is 21.6. The number of halogens is 1. The van der Waals surface area contributed by atoms with Gasteiger partial charge in [-0.15, -0.1) is 118 Å². The lowest BCUT2D eigenvalue weighted by Gasteiger charge is -2.76. The third-order valence-electron chi connectivity index (χ3n) is 11.0. The maximum Gasteiger partial charge on any atom is 0.143 e. The summed E-state index contributed by atoms with van der Waals surface area (Å²) >= 11 is 33.9. The molecule has 5 aromatic heterocycles. The van der Waals surface area contributed by atoms with Crippen molar-refractivity contribution in [3.8, 4) is 0 Å². The number of nitrogens with zero attached hydrogens (tertiary/aromatic N) is 2. The predicted octanol–water partition coefficient (Wildman–Crippen LogP) is 19.9. The molecule has 7 aliphatic rings. The number of rotatable bonds is 11. The zero-order chi connectivity index (χ0) is 49.7. The Bertz CT molecular complexity index is 2220. The molecule has 396 valence electrons. The average Bonchev–Trinajstić information content (AvgIpc) is 4.19. The third kappa shape index (κ3) is 14.1. The van der Waals surface area contributed by atoms with Crippen LogP contribution in [0.15, 0.2) is 115 Å².